The molecule has 0 radical (unpaired) electrons. The minimum Gasteiger partial charge on any atom is -0.462 e. The molecule has 0 aromatic heterocycles. The van der Waals surface area contributed by atoms with Crippen molar-refractivity contribution in [3.63, 3.8) is 0 Å². The van der Waals surface area contributed by atoms with Gasteiger partial charge in [0, 0.05) is 19.3 Å². The molecule has 0 spiro atoms. The number of carbonyl (C=O) groups is 3. The Bertz CT molecular complexity index is 1330. The summed E-state index contributed by atoms with van der Waals surface area (Å²) >= 11 is 0. The van der Waals surface area contributed by atoms with E-state index in [1.54, 1.807) is 0 Å². The first-order chi connectivity index (χ1) is 34.0. The van der Waals surface area contributed by atoms with E-state index in [1.807, 2.05) is 0 Å². The van der Waals surface area contributed by atoms with Crippen LogP contribution in [0.25, 0.3) is 0 Å². The molecule has 0 aliphatic carbocycles. The second-order valence-electron chi connectivity index (χ2n) is 19.2. The summed E-state index contributed by atoms with van der Waals surface area (Å²) in [5.74, 6) is -0.889. The highest BCUT2D eigenvalue weighted by Gasteiger charge is 2.19. The fraction of sp³-hybridized carbons (Fsp3) is 0.730. The fourth-order valence-corrected chi connectivity index (χ4v) is 8.04. The molecule has 0 aromatic carbocycles. The van der Waals surface area contributed by atoms with Gasteiger partial charge in [-0.1, -0.05) is 254 Å². The van der Waals surface area contributed by atoms with Gasteiger partial charge in [-0.3, -0.25) is 14.4 Å². The quantitative estimate of drug-likeness (QED) is 0.0262. The zero-order valence-corrected chi connectivity index (χ0v) is 45.3. The van der Waals surface area contributed by atoms with Gasteiger partial charge in [-0.25, -0.2) is 0 Å². The van der Waals surface area contributed by atoms with E-state index < -0.39 is 6.10 Å². The van der Waals surface area contributed by atoms with E-state index in [9.17, 15) is 14.4 Å². The third kappa shape index (κ3) is 55.4. The van der Waals surface area contributed by atoms with Crippen molar-refractivity contribution < 1.29 is 28.6 Å². The van der Waals surface area contributed by atoms with E-state index in [0.717, 1.165) is 116 Å². The van der Waals surface area contributed by atoms with Crippen molar-refractivity contribution >= 4 is 17.9 Å². The number of allylic oxidation sites excluding steroid dienone is 14. The predicted octanol–water partition coefficient (Wildman–Crippen LogP) is 19.5. The molecule has 6 nitrogen and oxygen atoms in total. The van der Waals surface area contributed by atoms with Crippen LogP contribution >= 0.6 is 0 Å². The summed E-state index contributed by atoms with van der Waals surface area (Å²) in [6.07, 6.45) is 74.7. The molecular formula is C63H108O6. The maximum Gasteiger partial charge on any atom is 0.306 e. The number of rotatable bonds is 52. The molecule has 69 heavy (non-hydrogen) atoms. The van der Waals surface area contributed by atoms with Gasteiger partial charge in [0.05, 0.1) is 0 Å². The molecule has 1 atom stereocenters. The summed E-state index contributed by atoms with van der Waals surface area (Å²) in [6, 6.07) is 0. The van der Waals surface area contributed by atoms with Crippen molar-refractivity contribution in [1.82, 2.24) is 0 Å². The molecule has 0 saturated carbocycles. The predicted molar refractivity (Wildman–Crippen MR) is 297 cm³/mol. The lowest BCUT2D eigenvalue weighted by Gasteiger charge is -2.18. The van der Waals surface area contributed by atoms with Crippen molar-refractivity contribution in [3.05, 3.63) is 85.1 Å². The lowest BCUT2D eigenvalue weighted by molar-refractivity contribution is -0.167. The molecule has 0 amide bonds. The molecule has 1 unspecified atom stereocenters. The summed E-state index contributed by atoms with van der Waals surface area (Å²) in [6.45, 7) is 6.43. The normalized spacial score (nSPS) is 12.7. The molecule has 0 bridgehead atoms. The van der Waals surface area contributed by atoms with Crippen LogP contribution in [0, 0.1) is 0 Å². The number of esters is 3. The van der Waals surface area contributed by atoms with E-state index in [4.69, 9.17) is 14.2 Å². The van der Waals surface area contributed by atoms with E-state index in [2.05, 4.69) is 106 Å². The Kier molecular flexibility index (Phi) is 54.3. The van der Waals surface area contributed by atoms with Crippen LogP contribution in [0.1, 0.15) is 278 Å². The van der Waals surface area contributed by atoms with Gasteiger partial charge in [0.25, 0.3) is 0 Å². The average Bonchev–Trinajstić information content (AvgIpc) is 3.35. The third-order valence-electron chi connectivity index (χ3n) is 12.4. The lowest BCUT2D eigenvalue weighted by atomic mass is 10.0. The van der Waals surface area contributed by atoms with Gasteiger partial charge in [0.2, 0.25) is 0 Å². The molecule has 0 fully saturated rings. The maximum absolute atomic E-state index is 12.7. The highest BCUT2D eigenvalue weighted by atomic mass is 16.6. The number of carbonyl (C=O) groups excluding carboxylic acids is 3. The van der Waals surface area contributed by atoms with E-state index >= 15 is 0 Å². The smallest absolute Gasteiger partial charge is 0.306 e. The Morgan fingerprint density at radius 1 is 0.304 bits per heavy atom. The summed E-state index contributed by atoms with van der Waals surface area (Å²) < 4.78 is 16.7. The Hall–Kier alpha value is -3.41. The van der Waals surface area contributed by atoms with Crippen molar-refractivity contribution in [2.45, 2.75) is 284 Å². The minimum absolute atomic E-state index is 0.0767. The topological polar surface area (TPSA) is 78.9 Å². The Labute approximate surface area is 426 Å². The SMILES string of the molecule is CC/C=C\C/C=C\C/C=C\C/C=C\C/C=C\C/C=C\CCCCCCCCCCCCCCCCC(=O)OCC(COC(=O)CCCCCCCCCC)OC(=O)CCCCCCC/C=C\CCC. The van der Waals surface area contributed by atoms with Crippen LogP contribution < -0.4 is 0 Å². The van der Waals surface area contributed by atoms with Crippen LogP contribution in [0.5, 0.6) is 0 Å². The summed E-state index contributed by atoms with van der Waals surface area (Å²) in [4.78, 5) is 37.8. The van der Waals surface area contributed by atoms with Crippen molar-refractivity contribution in [3.8, 4) is 0 Å². The van der Waals surface area contributed by atoms with Crippen LogP contribution in [0.3, 0.4) is 0 Å². The summed E-state index contributed by atoms with van der Waals surface area (Å²) in [7, 11) is 0. The van der Waals surface area contributed by atoms with Gasteiger partial charge in [-0.05, 0) is 89.9 Å². The highest BCUT2D eigenvalue weighted by Crippen LogP contribution is 2.16. The van der Waals surface area contributed by atoms with Gasteiger partial charge in [-0.15, -0.1) is 0 Å². The number of unbranched alkanes of at least 4 members (excludes halogenated alkanes) is 27. The maximum atomic E-state index is 12.7. The monoisotopic (exact) mass is 961 g/mol. The molecule has 0 rings (SSSR count). The standard InChI is InChI=1S/C63H108O6/c1-4-7-10-13-16-19-21-22-23-24-25-26-27-28-29-30-31-32-33-34-35-36-37-38-39-40-41-42-43-45-47-50-53-56-62(65)68-59-60(58-67-61(64)55-52-49-46-18-15-12-9-6-3)69-63(66)57-54-51-48-44-20-17-14-11-8-5-2/h7,10-11,14,16,19,22-23,25-26,28-29,31-32,60H,4-6,8-9,12-13,15,17-18,20-21,24,27,30,33-59H2,1-3H3/b10-7-,14-11-,19-16-,23-22-,26-25-,29-28-,32-31-. The molecule has 6 heteroatoms. The van der Waals surface area contributed by atoms with Gasteiger partial charge in [-0.2, -0.15) is 0 Å². The zero-order chi connectivity index (χ0) is 50.0. The third-order valence-corrected chi connectivity index (χ3v) is 12.4. The van der Waals surface area contributed by atoms with E-state index in [-0.39, 0.29) is 31.1 Å². The zero-order valence-electron chi connectivity index (χ0n) is 45.3. The largest absolute Gasteiger partial charge is 0.462 e. The Morgan fingerprint density at radius 3 is 0.957 bits per heavy atom. The van der Waals surface area contributed by atoms with Gasteiger partial charge < -0.3 is 14.2 Å². The summed E-state index contributed by atoms with van der Waals surface area (Å²) in [5.41, 5.74) is 0. The fourth-order valence-electron chi connectivity index (χ4n) is 8.04. The van der Waals surface area contributed by atoms with Crippen LogP contribution in [0.4, 0.5) is 0 Å². The second kappa shape index (κ2) is 57.2. The molecule has 0 aromatic rings. The number of hydrogen-bond acceptors (Lipinski definition) is 6. The molecule has 0 saturated heterocycles. The molecular weight excluding hydrogens is 853 g/mol. The van der Waals surface area contributed by atoms with Gasteiger partial charge >= 0.3 is 17.9 Å². The minimum atomic E-state index is -0.775. The lowest BCUT2D eigenvalue weighted by Crippen LogP contribution is -2.30. The first kappa shape index (κ1) is 65.6. The van der Waals surface area contributed by atoms with Gasteiger partial charge in [0.15, 0.2) is 6.10 Å². The molecule has 0 heterocycles. The molecule has 0 aliphatic heterocycles. The van der Waals surface area contributed by atoms with Crippen LogP contribution in [-0.4, -0.2) is 37.2 Å². The summed E-state index contributed by atoms with van der Waals surface area (Å²) in [5, 5.41) is 0. The van der Waals surface area contributed by atoms with Gasteiger partial charge in [0.1, 0.15) is 13.2 Å². The van der Waals surface area contributed by atoms with Crippen molar-refractivity contribution in [1.29, 1.82) is 0 Å². The van der Waals surface area contributed by atoms with E-state index in [1.165, 1.54) is 122 Å². The van der Waals surface area contributed by atoms with Crippen molar-refractivity contribution in [2.75, 3.05) is 13.2 Å². The molecule has 0 aliphatic rings. The number of hydrogen-bond donors (Lipinski definition) is 0. The average molecular weight is 962 g/mol. The molecule has 0 N–H and O–H groups in total. The second-order valence-corrected chi connectivity index (χ2v) is 19.2. The Morgan fingerprint density at radius 2 is 0.594 bits per heavy atom. The van der Waals surface area contributed by atoms with Crippen LogP contribution in [0.15, 0.2) is 85.1 Å². The Balaban J connectivity index is 4.00. The van der Waals surface area contributed by atoms with E-state index in [0.29, 0.717) is 19.3 Å². The first-order valence-corrected chi connectivity index (χ1v) is 29.1. The van der Waals surface area contributed by atoms with Crippen LogP contribution in [-0.2, 0) is 28.6 Å². The number of ether oxygens (including phenoxy) is 3. The molecule has 396 valence electrons. The van der Waals surface area contributed by atoms with Crippen molar-refractivity contribution in [2.24, 2.45) is 0 Å². The van der Waals surface area contributed by atoms with Crippen LogP contribution in [0.2, 0.25) is 0 Å². The highest BCUT2D eigenvalue weighted by molar-refractivity contribution is 5.71. The first-order valence-electron chi connectivity index (χ1n) is 29.1.